The van der Waals surface area contributed by atoms with Crippen LogP contribution in [0.4, 0.5) is 13.2 Å². The molecule has 12 heteroatoms. The van der Waals surface area contributed by atoms with Gasteiger partial charge in [0.05, 0.1) is 23.0 Å². The van der Waals surface area contributed by atoms with E-state index in [2.05, 4.69) is 31.1 Å². The Morgan fingerprint density at radius 1 is 1.04 bits per heavy atom. The fraction of sp³-hybridized carbons (Fsp3) is 0.385. The van der Waals surface area contributed by atoms with E-state index in [4.69, 9.17) is 0 Å². The number of hydrogen-bond donors (Lipinski definition) is 0. The van der Waals surface area contributed by atoms with E-state index in [-0.39, 0.29) is 0 Å². The Balaban J connectivity index is 1.51. The molecule has 1 saturated carbocycles. The van der Waals surface area contributed by atoms with E-state index in [1.807, 2.05) is 0 Å². The van der Waals surface area contributed by atoms with Crippen LogP contribution in [-0.4, -0.2) is 40.4 Å². The van der Waals surface area contributed by atoms with Crippen LogP contribution < -0.4 is 0 Å². The molecule has 4 rings (SSSR count). The molecule has 25 heavy (non-hydrogen) atoms. The first-order valence-electron chi connectivity index (χ1n) is 7.38. The lowest BCUT2D eigenvalue weighted by Crippen LogP contribution is -2.07. The Bertz CT molecular complexity index is 868. The van der Waals surface area contributed by atoms with Crippen molar-refractivity contribution in [2.24, 2.45) is 0 Å². The minimum atomic E-state index is -4.38. The molecule has 130 valence electrons. The van der Waals surface area contributed by atoms with Crippen molar-refractivity contribution >= 4 is 11.8 Å². The van der Waals surface area contributed by atoms with Crippen molar-refractivity contribution in [3.8, 4) is 5.69 Å². The highest BCUT2D eigenvalue weighted by molar-refractivity contribution is 7.98. The maximum Gasteiger partial charge on any atom is 0.416 e. The molecule has 0 atom stereocenters. The molecule has 0 aliphatic heterocycles. The Morgan fingerprint density at radius 2 is 1.76 bits per heavy atom. The topological polar surface area (TPSA) is 87.2 Å². The highest BCUT2D eigenvalue weighted by atomic mass is 32.2. The van der Waals surface area contributed by atoms with Crippen molar-refractivity contribution in [2.45, 2.75) is 36.0 Å². The second kappa shape index (κ2) is 6.10. The second-order valence-electron chi connectivity index (χ2n) is 5.48. The average Bonchev–Trinajstić information content (AvgIpc) is 3.14. The lowest BCUT2D eigenvalue weighted by atomic mass is 10.2. The van der Waals surface area contributed by atoms with Gasteiger partial charge in [0.15, 0.2) is 5.82 Å². The highest BCUT2D eigenvalue weighted by Crippen LogP contribution is 2.36. The molecule has 0 saturated heterocycles. The van der Waals surface area contributed by atoms with E-state index in [0.717, 1.165) is 25.0 Å². The van der Waals surface area contributed by atoms with Gasteiger partial charge in [-0.1, -0.05) is 11.8 Å². The van der Waals surface area contributed by atoms with Gasteiger partial charge in [-0.15, -0.1) is 10.2 Å². The zero-order valence-corrected chi connectivity index (χ0v) is 13.4. The van der Waals surface area contributed by atoms with Crippen LogP contribution in [-0.2, 0) is 11.9 Å². The van der Waals surface area contributed by atoms with E-state index in [1.54, 1.807) is 4.68 Å². The zero-order chi connectivity index (χ0) is 17.4. The molecule has 1 aliphatic carbocycles. The maximum atomic E-state index is 12.7. The number of rotatable bonds is 5. The molecule has 0 unspecified atom stereocenters. The first-order valence-corrected chi connectivity index (χ1v) is 8.36. The van der Waals surface area contributed by atoms with E-state index >= 15 is 0 Å². The van der Waals surface area contributed by atoms with Gasteiger partial charge in [-0.2, -0.15) is 17.9 Å². The Labute approximate surface area is 143 Å². The summed E-state index contributed by atoms with van der Waals surface area (Å²) >= 11 is 1.38. The number of halogens is 3. The van der Waals surface area contributed by atoms with Gasteiger partial charge < -0.3 is 0 Å². The molecule has 0 bridgehead atoms. The quantitative estimate of drug-likeness (QED) is 0.639. The normalized spacial score (nSPS) is 14.8. The van der Waals surface area contributed by atoms with Crippen molar-refractivity contribution in [2.75, 3.05) is 0 Å². The van der Waals surface area contributed by atoms with Crippen LogP contribution in [0, 0.1) is 0 Å². The van der Waals surface area contributed by atoms with E-state index in [9.17, 15) is 13.2 Å². The van der Waals surface area contributed by atoms with Gasteiger partial charge in [-0.25, -0.2) is 4.68 Å². The summed E-state index contributed by atoms with van der Waals surface area (Å²) in [6.07, 6.45) is -2.26. The van der Waals surface area contributed by atoms with Crippen LogP contribution in [0.3, 0.4) is 0 Å². The maximum absolute atomic E-state index is 12.7. The molecule has 0 spiro atoms. The summed E-state index contributed by atoms with van der Waals surface area (Å²) in [7, 11) is 0. The molecular weight excluding hydrogens is 357 g/mol. The molecule has 0 N–H and O–H groups in total. The molecule has 2 heterocycles. The smallest absolute Gasteiger partial charge is 0.217 e. The lowest BCUT2D eigenvalue weighted by Gasteiger charge is -2.08. The minimum absolute atomic E-state index is 0.350. The van der Waals surface area contributed by atoms with Crippen LogP contribution in [0.25, 0.3) is 5.69 Å². The molecule has 3 aromatic rings. The molecule has 1 fully saturated rings. The molecule has 1 aliphatic rings. The Hall–Kier alpha value is -2.50. The number of benzene rings is 1. The highest BCUT2D eigenvalue weighted by Gasteiger charge is 2.30. The van der Waals surface area contributed by atoms with E-state index < -0.39 is 11.7 Å². The van der Waals surface area contributed by atoms with Gasteiger partial charge in [-0.05, 0) is 58.0 Å². The fourth-order valence-corrected chi connectivity index (χ4v) is 3.10. The monoisotopic (exact) mass is 368 g/mol. The van der Waals surface area contributed by atoms with E-state index in [0.29, 0.717) is 28.5 Å². The zero-order valence-electron chi connectivity index (χ0n) is 12.6. The Morgan fingerprint density at radius 3 is 2.44 bits per heavy atom. The summed E-state index contributed by atoms with van der Waals surface area (Å²) < 4.78 is 41.1. The molecule has 2 aromatic heterocycles. The van der Waals surface area contributed by atoms with Crippen LogP contribution in [0.15, 0.2) is 29.4 Å². The number of nitrogens with zero attached hydrogens (tertiary/aromatic N) is 8. The van der Waals surface area contributed by atoms with Crippen molar-refractivity contribution in [1.82, 2.24) is 40.4 Å². The number of alkyl halides is 3. The summed E-state index contributed by atoms with van der Waals surface area (Å²) in [6.45, 7) is 0. The second-order valence-corrected chi connectivity index (χ2v) is 6.42. The number of aromatic nitrogens is 8. The van der Waals surface area contributed by atoms with Crippen molar-refractivity contribution in [1.29, 1.82) is 0 Å². The van der Waals surface area contributed by atoms with Crippen LogP contribution in [0.5, 0.6) is 0 Å². The standard InChI is InChI=1S/C13H11F3N8S/c14-13(15,16)8-1-3-9(4-2-8)23-11(17-19-21-23)7-25-12-18-20-22-24(12)10-5-6-10/h1-4,10H,5-7H2. The van der Waals surface area contributed by atoms with Crippen LogP contribution in [0.2, 0.25) is 0 Å². The van der Waals surface area contributed by atoms with E-state index in [1.165, 1.54) is 28.6 Å². The van der Waals surface area contributed by atoms with Gasteiger partial charge in [0.1, 0.15) is 0 Å². The molecule has 0 radical (unpaired) electrons. The third kappa shape index (κ3) is 3.34. The SMILES string of the molecule is FC(F)(F)c1ccc(-n2nnnc2CSc2nnnn2C2CC2)cc1. The first-order chi connectivity index (χ1) is 12.0. The summed E-state index contributed by atoms with van der Waals surface area (Å²) in [5, 5.41) is 23.7. The molecule has 1 aromatic carbocycles. The van der Waals surface area contributed by atoms with Crippen molar-refractivity contribution in [3.05, 3.63) is 35.7 Å². The van der Waals surface area contributed by atoms with Gasteiger partial charge in [0.2, 0.25) is 5.16 Å². The van der Waals surface area contributed by atoms with Crippen molar-refractivity contribution in [3.63, 3.8) is 0 Å². The van der Waals surface area contributed by atoms with Crippen LogP contribution in [0.1, 0.15) is 30.3 Å². The van der Waals surface area contributed by atoms with Gasteiger partial charge >= 0.3 is 6.18 Å². The molecule has 0 amide bonds. The molecule has 8 nitrogen and oxygen atoms in total. The first kappa shape index (κ1) is 16.0. The summed E-state index contributed by atoms with van der Waals surface area (Å²) in [4.78, 5) is 0. The number of tetrazole rings is 2. The predicted molar refractivity (Wildman–Crippen MR) is 79.8 cm³/mol. The summed E-state index contributed by atoms with van der Waals surface area (Å²) in [5.74, 6) is 0.885. The van der Waals surface area contributed by atoms with Gasteiger partial charge in [0.25, 0.3) is 0 Å². The fourth-order valence-electron chi connectivity index (χ4n) is 2.25. The summed E-state index contributed by atoms with van der Waals surface area (Å²) in [6, 6.07) is 5.02. The number of hydrogen-bond acceptors (Lipinski definition) is 7. The number of thioether (sulfide) groups is 1. The van der Waals surface area contributed by atoms with Crippen LogP contribution >= 0.6 is 11.8 Å². The summed E-state index contributed by atoms with van der Waals surface area (Å²) in [5.41, 5.74) is -0.265. The lowest BCUT2D eigenvalue weighted by molar-refractivity contribution is -0.137. The molecular formula is C13H11F3N8S. The average molecular weight is 368 g/mol. The predicted octanol–water partition coefficient (Wildman–Crippen LogP) is 2.29. The minimum Gasteiger partial charge on any atom is -0.217 e. The van der Waals surface area contributed by atoms with Gasteiger partial charge in [0, 0.05) is 0 Å². The Kier molecular flexibility index (Phi) is 3.90. The van der Waals surface area contributed by atoms with Gasteiger partial charge in [-0.3, -0.25) is 0 Å². The van der Waals surface area contributed by atoms with Crippen molar-refractivity contribution < 1.29 is 13.2 Å². The third-order valence-corrected chi connectivity index (χ3v) is 4.59. The third-order valence-electron chi connectivity index (χ3n) is 3.66. The largest absolute Gasteiger partial charge is 0.416 e.